The van der Waals surface area contributed by atoms with Gasteiger partial charge in [0.15, 0.2) is 0 Å². The molecule has 142 valence electrons. The smallest absolute Gasteiger partial charge is 0.250 e. The molecule has 1 aromatic heterocycles. The Labute approximate surface area is 163 Å². The summed E-state index contributed by atoms with van der Waals surface area (Å²) in [5.41, 5.74) is 3.76. The largest absolute Gasteiger partial charge is 0.378 e. The summed E-state index contributed by atoms with van der Waals surface area (Å²) in [7, 11) is 0. The standard InChI is InChI=1S/C18H22ClN7O/c19-15-6-2-1-5-14(15)13-20-24-16-21-17(25-7-3-4-8-25)23-18(22-16)26-9-11-27-12-10-26/h1-2,5-6,13H,3-4,7-12H2,(H,21,22,23,24). The zero-order valence-electron chi connectivity index (χ0n) is 15.0. The molecule has 27 heavy (non-hydrogen) atoms. The number of hydrogen-bond acceptors (Lipinski definition) is 8. The number of benzene rings is 1. The van der Waals surface area contributed by atoms with E-state index in [1.165, 1.54) is 0 Å². The monoisotopic (exact) mass is 387 g/mol. The summed E-state index contributed by atoms with van der Waals surface area (Å²) >= 11 is 6.16. The van der Waals surface area contributed by atoms with Gasteiger partial charge in [0.2, 0.25) is 17.8 Å². The second kappa shape index (κ2) is 8.49. The molecule has 2 fully saturated rings. The maximum absolute atomic E-state index is 6.16. The zero-order valence-corrected chi connectivity index (χ0v) is 15.8. The van der Waals surface area contributed by atoms with Crippen molar-refractivity contribution >= 4 is 35.7 Å². The normalized spacial score (nSPS) is 17.7. The van der Waals surface area contributed by atoms with Crippen molar-refractivity contribution in [2.24, 2.45) is 5.10 Å². The summed E-state index contributed by atoms with van der Waals surface area (Å²) in [6.45, 7) is 4.83. The van der Waals surface area contributed by atoms with E-state index >= 15 is 0 Å². The number of morpholine rings is 1. The van der Waals surface area contributed by atoms with Gasteiger partial charge in [0, 0.05) is 36.8 Å². The van der Waals surface area contributed by atoms with E-state index in [2.05, 4.69) is 35.3 Å². The lowest BCUT2D eigenvalue weighted by Gasteiger charge is -2.27. The second-order valence-corrected chi connectivity index (χ2v) is 6.85. The molecule has 8 nitrogen and oxygen atoms in total. The summed E-state index contributed by atoms with van der Waals surface area (Å²) in [6, 6.07) is 7.53. The van der Waals surface area contributed by atoms with Gasteiger partial charge in [-0.1, -0.05) is 29.8 Å². The highest BCUT2D eigenvalue weighted by atomic mass is 35.5. The molecule has 2 aliphatic rings. The van der Waals surface area contributed by atoms with Crippen molar-refractivity contribution in [3.63, 3.8) is 0 Å². The van der Waals surface area contributed by atoms with Crippen molar-refractivity contribution in [1.82, 2.24) is 15.0 Å². The minimum Gasteiger partial charge on any atom is -0.378 e. The average Bonchev–Trinajstić information content (AvgIpc) is 3.25. The third-order valence-electron chi connectivity index (χ3n) is 4.57. The highest BCUT2D eigenvalue weighted by Gasteiger charge is 2.21. The molecular formula is C18H22ClN7O. The summed E-state index contributed by atoms with van der Waals surface area (Å²) < 4.78 is 5.43. The van der Waals surface area contributed by atoms with Crippen molar-refractivity contribution in [3.8, 4) is 0 Å². The minimum atomic E-state index is 0.427. The topological polar surface area (TPSA) is 78.8 Å². The maximum atomic E-state index is 6.16. The lowest BCUT2D eigenvalue weighted by atomic mass is 10.2. The number of hydrogen-bond donors (Lipinski definition) is 1. The van der Waals surface area contributed by atoms with Crippen molar-refractivity contribution in [2.45, 2.75) is 12.8 Å². The number of anilines is 3. The Morgan fingerprint density at radius 3 is 2.33 bits per heavy atom. The van der Waals surface area contributed by atoms with Gasteiger partial charge < -0.3 is 14.5 Å². The molecule has 0 saturated carbocycles. The Balaban J connectivity index is 1.56. The van der Waals surface area contributed by atoms with E-state index in [-0.39, 0.29) is 0 Å². The molecule has 9 heteroatoms. The molecule has 2 aliphatic heterocycles. The van der Waals surface area contributed by atoms with Crippen LogP contribution in [0.1, 0.15) is 18.4 Å². The van der Waals surface area contributed by atoms with E-state index in [0.717, 1.165) is 44.6 Å². The summed E-state index contributed by atoms with van der Waals surface area (Å²) in [5.74, 6) is 1.78. The SMILES string of the molecule is Clc1ccccc1C=NNc1nc(N2CCCC2)nc(N2CCOCC2)n1. The number of nitrogens with one attached hydrogen (secondary N) is 1. The van der Waals surface area contributed by atoms with E-state index in [0.29, 0.717) is 36.1 Å². The molecule has 0 atom stereocenters. The third-order valence-corrected chi connectivity index (χ3v) is 4.91. The van der Waals surface area contributed by atoms with Crippen molar-refractivity contribution in [3.05, 3.63) is 34.9 Å². The van der Waals surface area contributed by atoms with E-state index in [9.17, 15) is 0 Å². The first-order chi connectivity index (χ1) is 13.3. The van der Waals surface area contributed by atoms with Crippen LogP contribution >= 0.6 is 11.6 Å². The van der Waals surface area contributed by atoms with E-state index in [4.69, 9.17) is 16.3 Å². The molecule has 0 spiro atoms. The van der Waals surface area contributed by atoms with E-state index in [1.54, 1.807) is 6.21 Å². The van der Waals surface area contributed by atoms with Gasteiger partial charge in [0.25, 0.3) is 0 Å². The van der Waals surface area contributed by atoms with Gasteiger partial charge in [0.05, 0.1) is 19.4 Å². The van der Waals surface area contributed by atoms with Crippen LogP contribution in [-0.4, -0.2) is 60.6 Å². The summed E-state index contributed by atoms with van der Waals surface area (Å²) in [6.07, 6.45) is 3.98. The molecule has 0 radical (unpaired) electrons. The van der Waals surface area contributed by atoms with Gasteiger partial charge >= 0.3 is 0 Å². The van der Waals surface area contributed by atoms with Crippen LogP contribution in [0.15, 0.2) is 29.4 Å². The highest BCUT2D eigenvalue weighted by Crippen LogP contribution is 2.21. The fourth-order valence-electron chi connectivity index (χ4n) is 3.11. The van der Waals surface area contributed by atoms with Crippen LogP contribution in [-0.2, 0) is 4.74 Å². The number of halogens is 1. The van der Waals surface area contributed by atoms with Crippen molar-refractivity contribution in [1.29, 1.82) is 0 Å². The quantitative estimate of drug-likeness (QED) is 0.623. The number of hydrazone groups is 1. The molecule has 0 aliphatic carbocycles. The Hall–Kier alpha value is -2.45. The van der Waals surface area contributed by atoms with E-state index < -0.39 is 0 Å². The Morgan fingerprint density at radius 1 is 0.963 bits per heavy atom. The van der Waals surface area contributed by atoms with Crippen LogP contribution in [0.5, 0.6) is 0 Å². The molecular weight excluding hydrogens is 366 g/mol. The minimum absolute atomic E-state index is 0.427. The molecule has 0 unspecified atom stereocenters. The predicted molar refractivity (Wildman–Crippen MR) is 107 cm³/mol. The molecule has 2 aromatic rings. The van der Waals surface area contributed by atoms with Crippen LogP contribution in [0.25, 0.3) is 0 Å². The fraction of sp³-hybridized carbons (Fsp3) is 0.444. The first-order valence-corrected chi connectivity index (χ1v) is 9.55. The van der Waals surface area contributed by atoms with Gasteiger partial charge in [-0.05, 0) is 18.9 Å². The lowest BCUT2D eigenvalue weighted by Crippen LogP contribution is -2.38. The van der Waals surface area contributed by atoms with Gasteiger partial charge in [-0.15, -0.1) is 0 Å². The Morgan fingerprint density at radius 2 is 1.63 bits per heavy atom. The van der Waals surface area contributed by atoms with Crippen molar-refractivity contribution in [2.75, 3.05) is 54.6 Å². The van der Waals surface area contributed by atoms with Gasteiger partial charge in [-0.3, -0.25) is 0 Å². The van der Waals surface area contributed by atoms with Gasteiger partial charge in [0.1, 0.15) is 0 Å². The van der Waals surface area contributed by atoms with Crippen molar-refractivity contribution < 1.29 is 4.74 Å². The number of rotatable bonds is 5. The molecule has 1 N–H and O–H groups in total. The van der Waals surface area contributed by atoms with Gasteiger partial charge in [-0.25, -0.2) is 5.43 Å². The molecule has 0 amide bonds. The predicted octanol–water partition coefficient (Wildman–Crippen LogP) is 2.41. The van der Waals surface area contributed by atoms with E-state index in [1.807, 2.05) is 24.3 Å². The van der Waals surface area contributed by atoms with Crippen LogP contribution in [0, 0.1) is 0 Å². The Kier molecular flexibility index (Phi) is 5.64. The average molecular weight is 388 g/mol. The summed E-state index contributed by atoms with van der Waals surface area (Å²) in [4.78, 5) is 18.1. The highest BCUT2D eigenvalue weighted by molar-refractivity contribution is 6.33. The second-order valence-electron chi connectivity index (χ2n) is 6.44. The van der Waals surface area contributed by atoms with Crippen LogP contribution in [0.4, 0.5) is 17.8 Å². The first-order valence-electron chi connectivity index (χ1n) is 9.17. The zero-order chi connectivity index (χ0) is 18.5. The molecule has 0 bridgehead atoms. The summed E-state index contributed by atoms with van der Waals surface area (Å²) in [5, 5.41) is 4.90. The molecule has 4 rings (SSSR count). The lowest BCUT2D eigenvalue weighted by molar-refractivity contribution is 0.122. The Bertz CT molecular complexity index is 804. The number of ether oxygens (including phenoxy) is 1. The number of nitrogens with zero attached hydrogens (tertiary/aromatic N) is 6. The maximum Gasteiger partial charge on any atom is 0.250 e. The third kappa shape index (κ3) is 4.45. The first kappa shape index (κ1) is 17.9. The molecule has 1 aromatic carbocycles. The number of aromatic nitrogens is 3. The molecule has 3 heterocycles. The van der Waals surface area contributed by atoms with Crippen LogP contribution in [0.2, 0.25) is 5.02 Å². The van der Waals surface area contributed by atoms with Gasteiger partial charge in [-0.2, -0.15) is 20.1 Å². The fourth-order valence-corrected chi connectivity index (χ4v) is 3.29. The molecule has 2 saturated heterocycles. The van der Waals surface area contributed by atoms with Crippen LogP contribution in [0.3, 0.4) is 0 Å². The van der Waals surface area contributed by atoms with Crippen LogP contribution < -0.4 is 15.2 Å².